The first kappa shape index (κ1) is 20.0. The molecule has 0 aliphatic carbocycles. The van der Waals surface area contributed by atoms with Gasteiger partial charge < -0.3 is 5.32 Å². The number of nitrogens with zero attached hydrogens (tertiary/aromatic N) is 1. The minimum absolute atomic E-state index is 0.337. The number of carbonyl (C=O) groups is 1. The SMILES string of the molecule is CCc1ccc(N([C@H](C)C(=O)NCc2cccc(C)c2)S(C)(=O)=O)cc1. The van der Waals surface area contributed by atoms with Crippen LogP contribution >= 0.6 is 0 Å². The summed E-state index contributed by atoms with van der Waals surface area (Å²) >= 11 is 0. The first-order valence-corrected chi connectivity index (χ1v) is 10.5. The lowest BCUT2D eigenvalue weighted by atomic mass is 10.1. The Hall–Kier alpha value is -2.34. The standard InChI is InChI=1S/C20H26N2O3S/c1-5-17-9-11-19(12-10-17)22(26(4,24)25)16(3)20(23)21-14-18-8-6-7-15(2)13-18/h6-13,16H,5,14H2,1-4H3,(H,21,23)/t16-/m1/s1. The Morgan fingerprint density at radius 1 is 1.12 bits per heavy atom. The van der Waals surface area contributed by atoms with E-state index in [2.05, 4.69) is 5.32 Å². The summed E-state index contributed by atoms with van der Waals surface area (Å²) in [5.41, 5.74) is 3.68. The van der Waals surface area contributed by atoms with Crippen molar-refractivity contribution in [1.82, 2.24) is 5.32 Å². The minimum atomic E-state index is -3.60. The molecule has 5 nitrogen and oxygen atoms in total. The van der Waals surface area contributed by atoms with Crippen LogP contribution in [0.5, 0.6) is 0 Å². The quantitative estimate of drug-likeness (QED) is 0.810. The third kappa shape index (κ3) is 5.08. The van der Waals surface area contributed by atoms with Crippen LogP contribution in [0.2, 0.25) is 0 Å². The lowest BCUT2D eigenvalue weighted by Gasteiger charge is -2.28. The molecule has 26 heavy (non-hydrogen) atoms. The second-order valence-electron chi connectivity index (χ2n) is 6.46. The number of rotatable bonds is 7. The Morgan fingerprint density at radius 2 is 1.77 bits per heavy atom. The summed E-state index contributed by atoms with van der Waals surface area (Å²) in [6, 6.07) is 14.2. The Bertz CT molecular complexity index is 861. The van der Waals surface area contributed by atoms with Gasteiger partial charge in [-0.1, -0.05) is 48.9 Å². The van der Waals surface area contributed by atoms with E-state index in [4.69, 9.17) is 0 Å². The Morgan fingerprint density at radius 3 is 2.31 bits per heavy atom. The van der Waals surface area contributed by atoms with Crippen LogP contribution in [0.4, 0.5) is 5.69 Å². The van der Waals surface area contributed by atoms with E-state index in [1.165, 1.54) is 0 Å². The van der Waals surface area contributed by atoms with Crippen molar-refractivity contribution in [2.45, 2.75) is 39.8 Å². The van der Waals surface area contributed by atoms with Crippen LogP contribution in [0.1, 0.15) is 30.5 Å². The van der Waals surface area contributed by atoms with Crippen LogP contribution < -0.4 is 9.62 Å². The van der Waals surface area contributed by atoms with E-state index < -0.39 is 16.1 Å². The Balaban J connectivity index is 2.17. The number of hydrogen-bond donors (Lipinski definition) is 1. The summed E-state index contributed by atoms with van der Waals surface area (Å²) in [5, 5.41) is 2.83. The molecule has 2 rings (SSSR count). The fourth-order valence-corrected chi connectivity index (χ4v) is 4.02. The van der Waals surface area contributed by atoms with Crippen molar-refractivity contribution in [2.24, 2.45) is 0 Å². The molecule has 0 bridgehead atoms. The first-order valence-electron chi connectivity index (χ1n) is 8.64. The Labute approximate surface area is 156 Å². The van der Waals surface area contributed by atoms with Crippen molar-refractivity contribution in [3.63, 3.8) is 0 Å². The molecule has 6 heteroatoms. The van der Waals surface area contributed by atoms with Crippen molar-refractivity contribution >= 4 is 21.6 Å². The highest BCUT2D eigenvalue weighted by atomic mass is 32.2. The minimum Gasteiger partial charge on any atom is -0.350 e. The lowest BCUT2D eigenvalue weighted by molar-refractivity contribution is -0.122. The van der Waals surface area contributed by atoms with Gasteiger partial charge in [-0.15, -0.1) is 0 Å². The van der Waals surface area contributed by atoms with E-state index in [1.807, 2.05) is 50.2 Å². The summed E-state index contributed by atoms with van der Waals surface area (Å²) in [5.74, 6) is -0.337. The second kappa shape index (κ2) is 8.36. The predicted octanol–water partition coefficient (Wildman–Crippen LogP) is 3.03. The molecule has 0 unspecified atom stereocenters. The van der Waals surface area contributed by atoms with Gasteiger partial charge in [0.15, 0.2) is 0 Å². The first-order chi connectivity index (χ1) is 12.2. The van der Waals surface area contributed by atoms with Gasteiger partial charge in [-0.05, 0) is 43.5 Å². The molecule has 2 aromatic carbocycles. The highest BCUT2D eigenvalue weighted by Gasteiger charge is 2.28. The fourth-order valence-electron chi connectivity index (χ4n) is 2.85. The normalized spacial score (nSPS) is 12.5. The summed E-state index contributed by atoms with van der Waals surface area (Å²) in [6.45, 7) is 5.97. The third-order valence-electron chi connectivity index (χ3n) is 4.24. The maximum absolute atomic E-state index is 12.6. The number of amides is 1. The molecule has 0 heterocycles. The van der Waals surface area contributed by atoms with E-state index in [-0.39, 0.29) is 5.91 Å². The molecule has 1 N–H and O–H groups in total. The molecule has 1 amide bonds. The maximum atomic E-state index is 12.6. The van der Waals surface area contributed by atoms with Gasteiger partial charge in [0, 0.05) is 6.54 Å². The van der Waals surface area contributed by atoms with Crippen molar-refractivity contribution in [1.29, 1.82) is 0 Å². The van der Waals surface area contributed by atoms with Gasteiger partial charge >= 0.3 is 0 Å². The van der Waals surface area contributed by atoms with Crippen molar-refractivity contribution in [3.05, 3.63) is 65.2 Å². The van der Waals surface area contributed by atoms with E-state index in [0.717, 1.165) is 33.7 Å². The third-order valence-corrected chi connectivity index (χ3v) is 5.48. The lowest BCUT2D eigenvalue weighted by Crippen LogP contribution is -2.47. The van der Waals surface area contributed by atoms with Gasteiger partial charge in [0.05, 0.1) is 11.9 Å². The zero-order valence-corrected chi connectivity index (χ0v) is 16.5. The van der Waals surface area contributed by atoms with Gasteiger partial charge in [-0.2, -0.15) is 0 Å². The van der Waals surface area contributed by atoms with Crippen molar-refractivity contribution in [2.75, 3.05) is 10.6 Å². The molecule has 0 spiro atoms. The summed E-state index contributed by atoms with van der Waals surface area (Å²) in [4.78, 5) is 12.6. The van der Waals surface area contributed by atoms with Crippen molar-refractivity contribution < 1.29 is 13.2 Å². The topological polar surface area (TPSA) is 66.5 Å². The molecule has 0 fully saturated rings. The summed E-state index contributed by atoms with van der Waals surface area (Å²) in [6.07, 6.45) is 1.98. The average molecular weight is 375 g/mol. The van der Waals surface area contributed by atoms with Crippen LogP contribution in [0.15, 0.2) is 48.5 Å². The van der Waals surface area contributed by atoms with Crippen LogP contribution in [0, 0.1) is 6.92 Å². The number of hydrogen-bond acceptors (Lipinski definition) is 3. The van der Waals surface area contributed by atoms with Gasteiger partial charge in [0.25, 0.3) is 0 Å². The molecule has 2 aromatic rings. The van der Waals surface area contributed by atoms with E-state index in [9.17, 15) is 13.2 Å². The molecule has 0 aliphatic rings. The number of anilines is 1. The van der Waals surface area contributed by atoms with Crippen molar-refractivity contribution in [3.8, 4) is 0 Å². The predicted molar refractivity (Wildman–Crippen MR) is 106 cm³/mol. The number of sulfonamides is 1. The number of aryl methyl sites for hydroxylation is 2. The summed E-state index contributed by atoms with van der Waals surface area (Å²) in [7, 11) is -3.60. The molecular formula is C20H26N2O3S. The second-order valence-corrected chi connectivity index (χ2v) is 8.32. The van der Waals surface area contributed by atoms with Gasteiger partial charge in [0.2, 0.25) is 15.9 Å². The van der Waals surface area contributed by atoms with Gasteiger partial charge in [-0.25, -0.2) is 8.42 Å². The van der Waals surface area contributed by atoms with E-state index in [0.29, 0.717) is 12.2 Å². The summed E-state index contributed by atoms with van der Waals surface area (Å²) < 4.78 is 25.8. The van der Waals surface area contributed by atoms with Crippen LogP contribution in [0.3, 0.4) is 0 Å². The highest BCUT2D eigenvalue weighted by molar-refractivity contribution is 7.92. The maximum Gasteiger partial charge on any atom is 0.243 e. The average Bonchev–Trinajstić information content (AvgIpc) is 2.59. The molecule has 140 valence electrons. The molecule has 0 saturated carbocycles. The van der Waals surface area contributed by atoms with E-state index in [1.54, 1.807) is 19.1 Å². The van der Waals surface area contributed by atoms with Crippen LogP contribution in [0.25, 0.3) is 0 Å². The zero-order valence-electron chi connectivity index (χ0n) is 15.7. The molecular weight excluding hydrogens is 348 g/mol. The number of nitrogens with one attached hydrogen (secondary N) is 1. The molecule has 0 aliphatic heterocycles. The van der Waals surface area contributed by atoms with Crippen LogP contribution in [-0.4, -0.2) is 26.6 Å². The van der Waals surface area contributed by atoms with E-state index >= 15 is 0 Å². The zero-order chi connectivity index (χ0) is 19.3. The monoisotopic (exact) mass is 374 g/mol. The molecule has 0 aromatic heterocycles. The fraction of sp³-hybridized carbons (Fsp3) is 0.350. The van der Waals surface area contributed by atoms with Gasteiger partial charge in [-0.3, -0.25) is 9.10 Å². The number of benzene rings is 2. The Kier molecular flexibility index (Phi) is 6.42. The van der Waals surface area contributed by atoms with Gasteiger partial charge in [0.1, 0.15) is 6.04 Å². The molecule has 0 saturated heterocycles. The molecule has 1 atom stereocenters. The largest absolute Gasteiger partial charge is 0.350 e. The number of carbonyl (C=O) groups excluding carboxylic acids is 1. The highest BCUT2D eigenvalue weighted by Crippen LogP contribution is 2.21. The molecule has 0 radical (unpaired) electrons. The van der Waals surface area contributed by atoms with Crippen LogP contribution in [-0.2, 0) is 27.8 Å². The smallest absolute Gasteiger partial charge is 0.243 e.